The van der Waals surface area contributed by atoms with E-state index < -0.39 is 31.3 Å². The lowest BCUT2D eigenvalue weighted by Gasteiger charge is -2.18. The van der Waals surface area contributed by atoms with E-state index in [0.29, 0.717) is 5.56 Å². The molecule has 3 rings (SSSR count). The highest BCUT2D eigenvalue weighted by atomic mass is 32.2. The zero-order valence-electron chi connectivity index (χ0n) is 15.7. The Kier molecular flexibility index (Phi) is 5.01. The summed E-state index contributed by atoms with van der Waals surface area (Å²) in [7, 11) is -2.83. The first-order chi connectivity index (χ1) is 13.5. The maximum absolute atomic E-state index is 14.5. The van der Waals surface area contributed by atoms with E-state index >= 15 is 0 Å². The Balaban J connectivity index is 2.17. The summed E-state index contributed by atoms with van der Waals surface area (Å²) in [5, 5.41) is 10.9. The van der Waals surface area contributed by atoms with Crippen LogP contribution in [0.3, 0.4) is 0 Å². The van der Waals surface area contributed by atoms with Gasteiger partial charge in [-0.1, -0.05) is 0 Å². The van der Waals surface area contributed by atoms with Crippen LogP contribution in [0.5, 0.6) is 0 Å². The largest absolute Gasteiger partial charge is 0.478 e. The Labute approximate surface area is 166 Å². The average molecular weight is 420 g/mol. The van der Waals surface area contributed by atoms with Crippen molar-refractivity contribution in [3.8, 4) is 0 Å². The summed E-state index contributed by atoms with van der Waals surface area (Å²) in [6, 6.07) is 8.71. The van der Waals surface area contributed by atoms with Crippen LogP contribution in [0.15, 0.2) is 47.4 Å². The fourth-order valence-electron chi connectivity index (χ4n) is 2.94. The summed E-state index contributed by atoms with van der Waals surface area (Å²) in [6.45, 7) is 3.09. The van der Waals surface area contributed by atoms with Gasteiger partial charge in [-0.2, -0.15) is 0 Å². The molecule has 0 bridgehead atoms. The summed E-state index contributed by atoms with van der Waals surface area (Å²) in [6.07, 6.45) is 0. The van der Waals surface area contributed by atoms with Crippen LogP contribution in [0.2, 0.25) is 0 Å². The molecule has 0 saturated heterocycles. The van der Waals surface area contributed by atoms with Crippen LogP contribution in [-0.2, 0) is 19.6 Å². The number of ketones is 1. The molecular weight excluding hydrogens is 403 g/mol. The van der Waals surface area contributed by atoms with Gasteiger partial charge in [0.25, 0.3) is 5.69 Å². The highest BCUT2D eigenvalue weighted by Gasteiger charge is 2.43. The van der Waals surface area contributed by atoms with Crippen molar-refractivity contribution in [2.24, 2.45) is 0 Å². The van der Waals surface area contributed by atoms with Crippen LogP contribution in [0, 0.1) is 15.9 Å². The quantitative estimate of drug-likeness (QED) is 0.587. The second-order valence-electron chi connectivity index (χ2n) is 6.80. The molecule has 0 amide bonds. The lowest BCUT2D eigenvalue weighted by molar-refractivity contribution is -0.384. The number of rotatable bonds is 5. The number of benzene rings is 2. The minimum Gasteiger partial charge on any atom is -0.478 e. The summed E-state index contributed by atoms with van der Waals surface area (Å²) in [4.78, 5) is 22.6. The second-order valence-corrected chi connectivity index (χ2v) is 8.66. The maximum atomic E-state index is 14.5. The minimum absolute atomic E-state index is 0.0705. The van der Waals surface area contributed by atoms with Crippen LogP contribution in [0.25, 0.3) is 11.3 Å². The molecule has 8 nitrogen and oxygen atoms in total. The molecule has 0 radical (unpaired) electrons. The topological polar surface area (TPSA) is 116 Å². The van der Waals surface area contributed by atoms with Crippen LogP contribution in [0.1, 0.15) is 25.0 Å². The summed E-state index contributed by atoms with van der Waals surface area (Å²) in [5.41, 5.74) is -0.709. The van der Waals surface area contributed by atoms with Crippen molar-refractivity contribution in [3.63, 3.8) is 0 Å². The van der Waals surface area contributed by atoms with Crippen LogP contribution in [-0.4, -0.2) is 31.8 Å². The van der Waals surface area contributed by atoms with E-state index in [2.05, 4.69) is 0 Å². The van der Waals surface area contributed by atoms with Gasteiger partial charge in [-0.25, -0.2) is 17.5 Å². The zero-order chi connectivity index (χ0) is 21.6. The molecule has 1 aliphatic heterocycles. The van der Waals surface area contributed by atoms with E-state index in [-0.39, 0.29) is 28.4 Å². The number of nitrogens with zero attached hydrogens (tertiary/aromatic N) is 1. The Bertz CT molecular complexity index is 1150. The maximum Gasteiger partial charge on any atom is 0.269 e. The first kappa shape index (κ1) is 20.6. The number of ether oxygens (including phenoxy) is 1. The molecule has 152 valence electrons. The molecule has 0 unspecified atom stereocenters. The molecule has 0 saturated carbocycles. The van der Waals surface area contributed by atoms with Crippen LogP contribution >= 0.6 is 0 Å². The van der Waals surface area contributed by atoms with Gasteiger partial charge in [0.05, 0.1) is 10.5 Å². The van der Waals surface area contributed by atoms with E-state index in [1.165, 1.54) is 37.4 Å². The molecule has 10 heteroatoms. The number of non-ortho nitro benzene ring substituents is 1. The Morgan fingerprint density at radius 1 is 1.10 bits per heavy atom. The van der Waals surface area contributed by atoms with Crippen molar-refractivity contribution in [2.75, 3.05) is 7.05 Å². The van der Waals surface area contributed by atoms with Crippen molar-refractivity contribution in [1.29, 1.82) is 0 Å². The zero-order valence-corrected chi connectivity index (χ0v) is 16.5. The van der Waals surface area contributed by atoms with Crippen molar-refractivity contribution in [1.82, 2.24) is 4.72 Å². The number of hydrogen-bond acceptors (Lipinski definition) is 6. The molecule has 0 aliphatic carbocycles. The predicted octanol–water partition coefficient (Wildman–Crippen LogP) is 2.89. The third-order valence-corrected chi connectivity index (χ3v) is 5.92. The smallest absolute Gasteiger partial charge is 0.269 e. The number of carbonyl (C=O) groups excluding carboxylic acids is 1. The number of nitrogens with one attached hydrogen (secondary N) is 1. The molecule has 2 aromatic rings. The normalized spacial score (nSPS) is 16.1. The van der Waals surface area contributed by atoms with E-state index in [1.54, 1.807) is 13.8 Å². The van der Waals surface area contributed by atoms with Crippen molar-refractivity contribution in [2.45, 2.75) is 24.3 Å². The molecule has 29 heavy (non-hydrogen) atoms. The number of sulfonamides is 1. The van der Waals surface area contributed by atoms with Gasteiger partial charge in [-0.05, 0) is 56.8 Å². The van der Waals surface area contributed by atoms with Gasteiger partial charge in [0.2, 0.25) is 15.8 Å². The van der Waals surface area contributed by atoms with Gasteiger partial charge < -0.3 is 4.74 Å². The van der Waals surface area contributed by atoms with Crippen molar-refractivity contribution < 1.29 is 27.3 Å². The monoisotopic (exact) mass is 420 g/mol. The highest BCUT2D eigenvalue weighted by Crippen LogP contribution is 2.42. The minimum atomic E-state index is -3.99. The average Bonchev–Trinajstić information content (AvgIpc) is 2.91. The lowest BCUT2D eigenvalue weighted by atomic mass is 9.92. The number of halogens is 1. The Morgan fingerprint density at radius 2 is 1.69 bits per heavy atom. The summed E-state index contributed by atoms with van der Waals surface area (Å²) in [5.74, 6) is -1.32. The van der Waals surface area contributed by atoms with Gasteiger partial charge >= 0.3 is 0 Å². The molecule has 0 fully saturated rings. The standard InChI is InChI=1S/C19H17FN2O6S/c1-19(2)18(23)16(11-4-7-13(8-5-11)22(24)25)17(28-19)12-6-9-15(14(20)10-12)29(26,27)21-3/h4-10,21H,1-3H3. The third-order valence-electron chi connectivity index (χ3n) is 4.48. The molecule has 2 aromatic carbocycles. The van der Waals surface area contributed by atoms with Crippen LogP contribution in [0.4, 0.5) is 10.1 Å². The molecule has 0 spiro atoms. The fraction of sp³-hybridized carbons (Fsp3) is 0.211. The summed E-state index contributed by atoms with van der Waals surface area (Å²) >= 11 is 0. The molecule has 1 heterocycles. The second kappa shape index (κ2) is 7.05. The van der Waals surface area contributed by atoms with Crippen molar-refractivity contribution >= 4 is 32.8 Å². The molecule has 1 aliphatic rings. The van der Waals surface area contributed by atoms with E-state index in [4.69, 9.17) is 4.74 Å². The van der Waals surface area contributed by atoms with Crippen LogP contribution < -0.4 is 4.72 Å². The van der Waals surface area contributed by atoms with Gasteiger partial charge in [0.15, 0.2) is 5.60 Å². The first-order valence-electron chi connectivity index (χ1n) is 8.44. The highest BCUT2D eigenvalue weighted by molar-refractivity contribution is 7.89. The third kappa shape index (κ3) is 3.64. The SMILES string of the molecule is CNS(=O)(=O)c1ccc(C2=C(c3ccc([N+](=O)[O-])cc3)C(=O)C(C)(C)O2)cc1F. The molecule has 0 atom stereocenters. The van der Waals surface area contributed by atoms with Gasteiger partial charge in [-0.15, -0.1) is 0 Å². The van der Waals surface area contributed by atoms with Gasteiger partial charge in [0.1, 0.15) is 16.5 Å². The van der Waals surface area contributed by atoms with E-state index in [1.807, 2.05) is 4.72 Å². The molecule has 0 aromatic heterocycles. The lowest BCUT2D eigenvalue weighted by Crippen LogP contribution is -2.29. The van der Waals surface area contributed by atoms with Gasteiger partial charge in [-0.3, -0.25) is 14.9 Å². The summed E-state index contributed by atoms with van der Waals surface area (Å²) < 4.78 is 46.0. The van der Waals surface area contributed by atoms with Crippen molar-refractivity contribution in [3.05, 3.63) is 69.5 Å². The molecule has 1 N–H and O–H groups in total. The Morgan fingerprint density at radius 3 is 2.21 bits per heavy atom. The fourth-order valence-corrected chi connectivity index (χ4v) is 3.72. The first-order valence-corrected chi connectivity index (χ1v) is 9.92. The van der Waals surface area contributed by atoms with Gasteiger partial charge in [0, 0.05) is 17.7 Å². The van der Waals surface area contributed by atoms with E-state index in [0.717, 1.165) is 12.1 Å². The predicted molar refractivity (Wildman–Crippen MR) is 103 cm³/mol. The molecular formula is C19H17FN2O6S. The number of hydrogen-bond donors (Lipinski definition) is 1. The van der Waals surface area contributed by atoms with E-state index in [9.17, 15) is 27.7 Å². The number of nitro benzene ring substituents is 1. The number of Topliss-reactive ketones (excluding diaryl/α,β-unsaturated/α-hetero) is 1. The Hall–Kier alpha value is -3.11. The number of nitro groups is 1. The number of carbonyl (C=O) groups is 1.